The second-order valence-electron chi connectivity index (χ2n) is 6.85. The minimum atomic E-state index is 0.396. The van der Waals surface area contributed by atoms with E-state index in [-0.39, 0.29) is 0 Å². The summed E-state index contributed by atoms with van der Waals surface area (Å²) in [6.07, 6.45) is 0. The Morgan fingerprint density at radius 3 is 2.00 bits per heavy atom. The maximum atomic E-state index is 6.18. The third-order valence-electron chi connectivity index (χ3n) is 4.56. The minimum Gasteiger partial charge on any atom is -0.491 e. The Labute approximate surface area is 211 Å². The number of thioether (sulfide) groups is 1. The predicted molar refractivity (Wildman–Crippen MR) is 135 cm³/mol. The molecule has 1 heterocycles. The van der Waals surface area contributed by atoms with E-state index in [2.05, 4.69) is 5.10 Å². The monoisotopic (exact) mass is 519 g/mol. The van der Waals surface area contributed by atoms with Crippen molar-refractivity contribution in [3.63, 3.8) is 0 Å². The smallest absolute Gasteiger partial charge is 0.209 e. The first-order chi connectivity index (χ1) is 16.1. The van der Waals surface area contributed by atoms with Gasteiger partial charge in [-0.1, -0.05) is 70.8 Å². The van der Waals surface area contributed by atoms with Crippen LogP contribution in [0.3, 0.4) is 0 Å². The van der Waals surface area contributed by atoms with Gasteiger partial charge >= 0.3 is 0 Å². The Morgan fingerprint density at radius 1 is 0.758 bits per heavy atom. The largest absolute Gasteiger partial charge is 0.491 e. The van der Waals surface area contributed by atoms with Crippen molar-refractivity contribution in [3.05, 3.63) is 87.9 Å². The third-order valence-corrected chi connectivity index (χ3v) is 6.24. The van der Waals surface area contributed by atoms with Crippen LogP contribution in [0.2, 0.25) is 15.1 Å². The van der Waals surface area contributed by atoms with Crippen LogP contribution in [0.1, 0.15) is 0 Å². The van der Waals surface area contributed by atoms with Gasteiger partial charge in [-0.3, -0.25) is 0 Å². The zero-order valence-electron chi connectivity index (χ0n) is 17.5. The lowest BCUT2D eigenvalue weighted by molar-refractivity contribution is 0.291. The Morgan fingerprint density at radius 2 is 1.36 bits per heavy atom. The molecule has 0 fully saturated rings. The highest BCUT2D eigenvalue weighted by atomic mass is 35.5. The summed E-state index contributed by atoms with van der Waals surface area (Å²) >= 11 is 19.9. The van der Waals surface area contributed by atoms with Gasteiger partial charge in [0.15, 0.2) is 5.82 Å². The molecular formula is C24H20Cl3N3O2S. The van der Waals surface area contributed by atoms with Crippen LogP contribution in [0.15, 0.2) is 78.0 Å². The second-order valence-corrected chi connectivity index (χ2v) is 9.17. The minimum absolute atomic E-state index is 0.396. The zero-order chi connectivity index (χ0) is 23.0. The molecule has 0 saturated carbocycles. The number of ether oxygens (including phenoxy) is 2. The van der Waals surface area contributed by atoms with Gasteiger partial charge < -0.3 is 9.47 Å². The van der Waals surface area contributed by atoms with E-state index in [1.807, 2.05) is 65.3 Å². The number of aromatic nitrogens is 3. The molecule has 5 nitrogen and oxygen atoms in total. The Bertz CT molecular complexity index is 1200. The molecule has 0 aliphatic carbocycles. The van der Waals surface area contributed by atoms with Crippen LogP contribution in [-0.2, 0) is 6.54 Å². The quantitative estimate of drug-likeness (QED) is 0.164. The van der Waals surface area contributed by atoms with Crippen molar-refractivity contribution in [2.75, 3.05) is 19.0 Å². The normalized spacial score (nSPS) is 10.9. The first kappa shape index (κ1) is 23.8. The maximum absolute atomic E-state index is 6.18. The molecule has 0 aliphatic heterocycles. The van der Waals surface area contributed by atoms with Gasteiger partial charge in [0.05, 0.1) is 23.2 Å². The molecule has 33 heavy (non-hydrogen) atoms. The van der Waals surface area contributed by atoms with Crippen LogP contribution in [0.25, 0.3) is 11.4 Å². The summed E-state index contributed by atoms with van der Waals surface area (Å²) in [5.74, 6) is 2.71. The van der Waals surface area contributed by atoms with Crippen molar-refractivity contribution < 1.29 is 9.47 Å². The van der Waals surface area contributed by atoms with Crippen LogP contribution < -0.4 is 9.47 Å². The van der Waals surface area contributed by atoms with Gasteiger partial charge in [-0.15, -0.1) is 5.10 Å². The standard InChI is InChI=1S/C24H20Cl3N3O2S/c25-18-11-9-17(10-12-18)23-28-24(33-16-15-32-22-8-4-2-6-20(22)27)29-30(23)13-14-31-21-7-3-1-5-19(21)26/h1-12H,13-16H2. The van der Waals surface area contributed by atoms with E-state index >= 15 is 0 Å². The average Bonchev–Trinajstić information content (AvgIpc) is 3.22. The van der Waals surface area contributed by atoms with Crippen molar-refractivity contribution in [2.45, 2.75) is 11.7 Å². The van der Waals surface area contributed by atoms with Gasteiger partial charge in [0.1, 0.15) is 18.1 Å². The zero-order valence-corrected chi connectivity index (χ0v) is 20.5. The highest BCUT2D eigenvalue weighted by Gasteiger charge is 2.13. The summed E-state index contributed by atoms with van der Waals surface area (Å²) in [5.41, 5.74) is 0.920. The molecule has 0 spiro atoms. The molecule has 0 atom stereocenters. The lowest BCUT2D eigenvalue weighted by Gasteiger charge is -2.09. The fraction of sp³-hybridized carbons (Fsp3) is 0.167. The molecule has 0 amide bonds. The van der Waals surface area contributed by atoms with Crippen molar-refractivity contribution in [1.29, 1.82) is 0 Å². The fourth-order valence-corrected chi connectivity index (χ4v) is 4.16. The second kappa shape index (κ2) is 11.7. The summed E-state index contributed by atoms with van der Waals surface area (Å²) in [5, 5.41) is 7.15. The number of halogens is 3. The summed E-state index contributed by atoms with van der Waals surface area (Å²) in [6, 6.07) is 22.3. The molecule has 0 N–H and O–H groups in total. The summed E-state index contributed by atoms with van der Waals surface area (Å²) in [7, 11) is 0. The van der Waals surface area contributed by atoms with Crippen LogP contribution in [0, 0.1) is 0 Å². The molecule has 4 aromatic rings. The van der Waals surface area contributed by atoms with Gasteiger partial charge in [0.2, 0.25) is 5.16 Å². The molecule has 1 aromatic heterocycles. The van der Waals surface area contributed by atoms with Gasteiger partial charge in [0, 0.05) is 16.3 Å². The van der Waals surface area contributed by atoms with E-state index in [9.17, 15) is 0 Å². The Balaban J connectivity index is 1.42. The van der Waals surface area contributed by atoms with Crippen molar-refractivity contribution in [2.24, 2.45) is 0 Å². The molecule has 0 bridgehead atoms. The summed E-state index contributed by atoms with van der Waals surface area (Å²) in [4.78, 5) is 4.72. The van der Waals surface area contributed by atoms with E-state index < -0.39 is 0 Å². The highest BCUT2D eigenvalue weighted by molar-refractivity contribution is 7.99. The predicted octanol–water partition coefficient (Wildman–Crippen LogP) is 7.16. The van der Waals surface area contributed by atoms with Gasteiger partial charge in [0.25, 0.3) is 0 Å². The van der Waals surface area contributed by atoms with Crippen LogP contribution in [0.4, 0.5) is 0 Å². The van der Waals surface area contributed by atoms with Crippen LogP contribution in [-0.4, -0.2) is 33.7 Å². The Hall–Kier alpha value is -2.38. The molecule has 9 heteroatoms. The number of hydrogen-bond acceptors (Lipinski definition) is 5. The summed E-state index contributed by atoms with van der Waals surface area (Å²) in [6.45, 7) is 1.38. The molecule has 170 valence electrons. The number of hydrogen-bond donors (Lipinski definition) is 0. The van der Waals surface area contributed by atoms with E-state index in [1.165, 1.54) is 11.8 Å². The number of rotatable bonds is 10. The SMILES string of the molecule is Clc1ccc(-c2nc(SCCOc3ccccc3Cl)nn2CCOc2ccccc2Cl)cc1. The fourth-order valence-electron chi connectivity index (χ4n) is 3.00. The third kappa shape index (κ3) is 6.58. The lowest BCUT2D eigenvalue weighted by Crippen LogP contribution is -2.11. The Kier molecular flexibility index (Phi) is 8.40. The van der Waals surface area contributed by atoms with Crippen molar-refractivity contribution in [3.8, 4) is 22.9 Å². The van der Waals surface area contributed by atoms with E-state index in [0.29, 0.717) is 57.2 Å². The van der Waals surface area contributed by atoms with E-state index in [0.717, 1.165) is 11.4 Å². The van der Waals surface area contributed by atoms with Gasteiger partial charge in [-0.25, -0.2) is 9.67 Å². The molecule has 0 saturated heterocycles. The lowest BCUT2D eigenvalue weighted by atomic mass is 10.2. The highest BCUT2D eigenvalue weighted by Crippen LogP contribution is 2.26. The molecular weight excluding hydrogens is 501 g/mol. The van der Waals surface area contributed by atoms with E-state index in [4.69, 9.17) is 49.3 Å². The van der Waals surface area contributed by atoms with Gasteiger partial charge in [-0.05, 0) is 48.5 Å². The average molecular weight is 521 g/mol. The molecule has 3 aromatic carbocycles. The first-order valence-corrected chi connectivity index (χ1v) is 12.3. The molecule has 4 rings (SSSR count). The van der Waals surface area contributed by atoms with Crippen LogP contribution >= 0.6 is 46.6 Å². The van der Waals surface area contributed by atoms with Crippen molar-refractivity contribution >= 4 is 46.6 Å². The number of nitrogens with zero attached hydrogens (tertiary/aromatic N) is 3. The van der Waals surface area contributed by atoms with Crippen LogP contribution in [0.5, 0.6) is 11.5 Å². The number of benzene rings is 3. The summed E-state index contributed by atoms with van der Waals surface area (Å²) < 4.78 is 13.4. The molecule has 0 aliphatic rings. The maximum Gasteiger partial charge on any atom is 0.209 e. The van der Waals surface area contributed by atoms with Gasteiger partial charge in [-0.2, -0.15) is 0 Å². The molecule has 0 unspecified atom stereocenters. The topological polar surface area (TPSA) is 49.2 Å². The number of para-hydroxylation sites is 2. The van der Waals surface area contributed by atoms with Crippen molar-refractivity contribution in [1.82, 2.24) is 14.8 Å². The molecule has 0 radical (unpaired) electrons. The first-order valence-electron chi connectivity index (χ1n) is 10.2. The van der Waals surface area contributed by atoms with E-state index in [1.54, 1.807) is 12.1 Å².